The standard InChI is InChI=1S/C17H24N2O6/c1-3-11(2)14(15(21)18-13(9-20)16(22)23)19-17(24)25-10-12-7-5-4-6-8-12/h4-8,11,13-14,20H,3,9-10H2,1-2H3,(H,18,21)(H,19,24)(H,22,23)/t11-,13-,14+/m0/s1. The minimum absolute atomic E-state index is 0.0515. The molecule has 0 saturated carbocycles. The summed E-state index contributed by atoms with van der Waals surface area (Å²) in [6.07, 6.45) is -0.200. The number of rotatable bonds is 9. The lowest BCUT2D eigenvalue weighted by Gasteiger charge is -2.24. The van der Waals surface area contributed by atoms with Crippen LogP contribution in [0, 0.1) is 5.92 Å². The molecule has 1 aromatic rings. The molecular formula is C17H24N2O6. The van der Waals surface area contributed by atoms with Crippen molar-refractivity contribution in [3.05, 3.63) is 35.9 Å². The molecule has 0 bridgehead atoms. The topological polar surface area (TPSA) is 125 Å². The van der Waals surface area contributed by atoms with Crippen molar-refractivity contribution in [2.24, 2.45) is 5.92 Å². The van der Waals surface area contributed by atoms with E-state index in [-0.39, 0.29) is 12.5 Å². The molecule has 0 spiro atoms. The van der Waals surface area contributed by atoms with E-state index in [0.29, 0.717) is 6.42 Å². The number of alkyl carbamates (subject to hydrolysis) is 1. The molecule has 2 amide bonds. The molecule has 0 aliphatic carbocycles. The Bertz CT molecular complexity index is 578. The van der Waals surface area contributed by atoms with Crippen LogP contribution in [0.4, 0.5) is 4.79 Å². The van der Waals surface area contributed by atoms with Gasteiger partial charge in [0.15, 0.2) is 0 Å². The molecule has 4 N–H and O–H groups in total. The van der Waals surface area contributed by atoms with Crippen LogP contribution in [0.1, 0.15) is 25.8 Å². The molecule has 8 heteroatoms. The second-order valence-electron chi connectivity index (χ2n) is 5.65. The number of carboxylic acids is 1. The summed E-state index contributed by atoms with van der Waals surface area (Å²) in [6, 6.07) is 6.66. The SMILES string of the molecule is CC[C@H](C)[C@@H](NC(=O)OCc1ccccc1)C(=O)N[C@@H](CO)C(=O)O. The van der Waals surface area contributed by atoms with Crippen LogP contribution in [0.3, 0.4) is 0 Å². The maximum absolute atomic E-state index is 12.3. The zero-order valence-corrected chi connectivity index (χ0v) is 14.3. The summed E-state index contributed by atoms with van der Waals surface area (Å²) in [5, 5.41) is 22.6. The fourth-order valence-electron chi connectivity index (χ4n) is 2.04. The molecule has 1 rings (SSSR count). The predicted octanol–water partition coefficient (Wildman–Crippen LogP) is 0.889. The predicted molar refractivity (Wildman–Crippen MR) is 89.7 cm³/mol. The average Bonchev–Trinajstić information content (AvgIpc) is 2.62. The number of hydrogen-bond acceptors (Lipinski definition) is 5. The van der Waals surface area contributed by atoms with Crippen LogP contribution in [0.2, 0.25) is 0 Å². The third-order valence-corrected chi connectivity index (χ3v) is 3.78. The largest absolute Gasteiger partial charge is 0.480 e. The summed E-state index contributed by atoms with van der Waals surface area (Å²) >= 11 is 0. The van der Waals surface area contributed by atoms with E-state index >= 15 is 0 Å². The third kappa shape index (κ3) is 6.80. The number of nitrogens with one attached hydrogen (secondary N) is 2. The highest BCUT2D eigenvalue weighted by atomic mass is 16.5. The van der Waals surface area contributed by atoms with Gasteiger partial charge in [-0.1, -0.05) is 50.6 Å². The smallest absolute Gasteiger partial charge is 0.408 e. The van der Waals surface area contributed by atoms with Gasteiger partial charge in [-0.15, -0.1) is 0 Å². The highest BCUT2D eigenvalue weighted by Crippen LogP contribution is 2.09. The fraction of sp³-hybridized carbons (Fsp3) is 0.471. The van der Waals surface area contributed by atoms with Crippen molar-refractivity contribution in [3.8, 4) is 0 Å². The second-order valence-corrected chi connectivity index (χ2v) is 5.65. The Labute approximate surface area is 146 Å². The van der Waals surface area contributed by atoms with Crippen molar-refractivity contribution < 1.29 is 29.3 Å². The van der Waals surface area contributed by atoms with Gasteiger partial charge in [0, 0.05) is 0 Å². The number of aliphatic carboxylic acids is 1. The molecule has 3 atom stereocenters. The van der Waals surface area contributed by atoms with E-state index in [1.165, 1.54) is 0 Å². The molecule has 0 saturated heterocycles. The zero-order valence-electron chi connectivity index (χ0n) is 14.3. The van der Waals surface area contributed by atoms with Gasteiger partial charge in [-0.3, -0.25) is 4.79 Å². The van der Waals surface area contributed by atoms with Crippen molar-refractivity contribution in [1.29, 1.82) is 0 Å². The molecule has 0 radical (unpaired) electrons. The number of benzene rings is 1. The summed E-state index contributed by atoms with van der Waals surface area (Å²) in [7, 11) is 0. The van der Waals surface area contributed by atoms with Gasteiger partial charge in [-0.05, 0) is 11.5 Å². The van der Waals surface area contributed by atoms with Crippen LogP contribution >= 0.6 is 0 Å². The Morgan fingerprint density at radius 1 is 1.16 bits per heavy atom. The summed E-state index contributed by atoms with van der Waals surface area (Å²) in [6.45, 7) is 2.89. The number of hydrogen-bond donors (Lipinski definition) is 4. The molecule has 138 valence electrons. The number of ether oxygens (including phenoxy) is 1. The Morgan fingerprint density at radius 3 is 2.32 bits per heavy atom. The molecule has 0 heterocycles. The molecule has 0 aliphatic rings. The van der Waals surface area contributed by atoms with E-state index < -0.39 is 36.7 Å². The summed E-state index contributed by atoms with van der Waals surface area (Å²) < 4.78 is 5.09. The lowest BCUT2D eigenvalue weighted by Crippen LogP contribution is -2.55. The van der Waals surface area contributed by atoms with Gasteiger partial charge >= 0.3 is 12.1 Å². The van der Waals surface area contributed by atoms with E-state index in [4.69, 9.17) is 14.9 Å². The highest BCUT2D eigenvalue weighted by molar-refractivity contribution is 5.89. The summed E-state index contributed by atoms with van der Waals surface area (Å²) in [4.78, 5) is 35.2. The number of amides is 2. The summed E-state index contributed by atoms with van der Waals surface area (Å²) in [5.41, 5.74) is 0.799. The quantitative estimate of drug-likeness (QED) is 0.523. The number of carbonyl (C=O) groups excluding carboxylic acids is 2. The molecule has 8 nitrogen and oxygen atoms in total. The Kier molecular flexibility index (Phi) is 8.42. The van der Waals surface area contributed by atoms with Crippen molar-refractivity contribution in [1.82, 2.24) is 10.6 Å². The maximum atomic E-state index is 12.3. The van der Waals surface area contributed by atoms with Crippen LogP contribution in [-0.4, -0.2) is 46.9 Å². The molecule has 0 aromatic heterocycles. The van der Waals surface area contributed by atoms with Gasteiger partial charge in [0.25, 0.3) is 0 Å². The van der Waals surface area contributed by atoms with Crippen LogP contribution in [0.15, 0.2) is 30.3 Å². The molecule has 0 aliphatic heterocycles. The van der Waals surface area contributed by atoms with Crippen LogP contribution in [0.5, 0.6) is 0 Å². The fourth-order valence-corrected chi connectivity index (χ4v) is 2.04. The van der Waals surface area contributed by atoms with Gasteiger partial charge in [-0.2, -0.15) is 0 Å². The van der Waals surface area contributed by atoms with Crippen molar-refractivity contribution in [3.63, 3.8) is 0 Å². The van der Waals surface area contributed by atoms with Crippen molar-refractivity contribution >= 4 is 18.0 Å². The van der Waals surface area contributed by atoms with E-state index in [9.17, 15) is 14.4 Å². The van der Waals surface area contributed by atoms with Crippen LogP contribution < -0.4 is 10.6 Å². The third-order valence-electron chi connectivity index (χ3n) is 3.78. The average molecular weight is 352 g/mol. The van der Waals surface area contributed by atoms with Gasteiger partial charge in [0.2, 0.25) is 5.91 Å². The number of carbonyl (C=O) groups is 3. The first-order chi connectivity index (χ1) is 11.9. The van der Waals surface area contributed by atoms with Gasteiger partial charge in [-0.25, -0.2) is 9.59 Å². The van der Waals surface area contributed by atoms with E-state index in [1.807, 2.05) is 25.1 Å². The molecule has 0 unspecified atom stereocenters. The maximum Gasteiger partial charge on any atom is 0.408 e. The Morgan fingerprint density at radius 2 is 1.80 bits per heavy atom. The number of aliphatic hydroxyl groups excluding tert-OH is 1. The first-order valence-electron chi connectivity index (χ1n) is 8.00. The van der Waals surface area contributed by atoms with Crippen molar-refractivity contribution in [2.45, 2.75) is 39.0 Å². The summed E-state index contributed by atoms with van der Waals surface area (Å²) in [5.74, 6) is -2.30. The minimum Gasteiger partial charge on any atom is -0.480 e. The van der Waals surface area contributed by atoms with E-state index in [0.717, 1.165) is 5.56 Å². The van der Waals surface area contributed by atoms with E-state index in [1.54, 1.807) is 19.1 Å². The molecule has 1 aromatic carbocycles. The molecular weight excluding hydrogens is 328 g/mol. The minimum atomic E-state index is -1.43. The first-order valence-corrected chi connectivity index (χ1v) is 8.00. The zero-order chi connectivity index (χ0) is 18.8. The second kappa shape index (κ2) is 10.3. The highest BCUT2D eigenvalue weighted by Gasteiger charge is 2.29. The monoisotopic (exact) mass is 352 g/mol. The van der Waals surface area contributed by atoms with Gasteiger partial charge < -0.3 is 25.6 Å². The van der Waals surface area contributed by atoms with E-state index in [2.05, 4.69) is 10.6 Å². The lowest BCUT2D eigenvalue weighted by atomic mass is 9.98. The lowest BCUT2D eigenvalue weighted by molar-refractivity contribution is -0.143. The normalized spacial score (nSPS) is 14.0. The van der Waals surface area contributed by atoms with Crippen molar-refractivity contribution in [2.75, 3.05) is 6.61 Å². The van der Waals surface area contributed by atoms with Crippen LogP contribution in [0.25, 0.3) is 0 Å². The molecule has 0 fully saturated rings. The number of aliphatic hydroxyl groups is 1. The Hall–Kier alpha value is -2.61. The van der Waals surface area contributed by atoms with Gasteiger partial charge in [0.1, 0.15) is 18.7 Å². The first kappa shape index (κ1) is 20.4. The molecule has 25 heavy (non-hydrogen) atoms. The van der Waals surface area contributed by atoms with Crippen LogP contribution in [-0.2, 0) is 20.9 Å². The number of carboxylic acid groups (broad SMARTS) is 1. The Balaban J connectivity index is 2.66. The van der Waals surface area contributed by atoms with Gasteiger partial charge in [0.05, 0.1) is 6.61 Å².